The van der Waals surface area contributed by atoms with Crippen LogP contribution in [0.5, 0.6) is 11.5 Å². The van der Waals surface area contributed by atoms with Gasteiger partial charge in [-0.2, -0.15) is 0 Å². The third-order valence-electron chi connectivity index (χ3n) is 4.47. The average molecular weight is 375 g/mol. The van der Waals surface area contributed by atoms with Gasteiger partial charge in [0.25, 0.3) is 5.91 Å². The molecule has 0 spiro atoms. The van der Waals surface area contributed by atoms with Crippen LogP contribution in [0, 0.1) is 11.7 Å². The molecule has 0 aliphatic carbocycles. The van der Waals surface area contributed by atoms with E-state index in [-0.39, 0.29) is 17.8 Å². The van der Waals surface area contributed by atoms with E-state index < -0.39 is 0 Å². The zero-order chi connectivity index (χ0) is 19.8. The van der Waals surface area contributed by atoms with Gasteiger partial charge in [0.05, 0.1) is 14.2 Å². The number of carbonyl (C=O) groups excluding carboxylic acids is 1. The van der Waals surface area contributed by atoms with Crippen molar-refractivity contribution in [3.8, 4) is 11.5 Å². The Bertz CT molecular complexity index is 748. The molecule has 0 saturated heterocycles. The Balaban J connectivity index is 1.90. The number of halogens is 1. The maximum absolute atomic E-state index is 13.1. The van der Waals surface area contributed by atoms with Crippen LogP contribution in [0.3, 0.4) is 0 Å². The number of ether oxygens (including phenoxy) is 2. The maximum atomic E-state index is 13.1. The number of amides is 1. The molecule has 0 aliphatic rings. The van der Waals surface area contributed by atoms with Gasteiger partial charge in [0.1, 0.15) is 11.9 Å². The summed E-state index contributed by atoms with van der Waals surface area (Å²) in [6, 6.07) is 12.1. The first-order chi connectivity index (χ1) is 12.9. The van der Waals surface area contributed by atoms with E-state index >= 15 is 0 Å². The van der Waals surface area contributed by atoms with Gasteiger partial charge in [-0.15, -0.1) is 0 Å². The Kier molecular flexibility index (Phi) is 7.61. The first-order valence-corrected chi connectivity index (χ1v) is 9.01. The lowest BCUT2D eigenvalue weighted by atomic mass is 9.96. The lowest BCUT2D eigenvalue weighted by Gasteiger charge is -2.19. The van der Waals surface area contributed by atoms with E-state index in [1.54, 1.807) is 26.4 Å². The minimum atomic E-state index is -0.256. The quantitative estimate of drug-likeness (QED) is 0.708. The Morgan fingerprint density at radius 1 is 1.07 bits per heavy atom. The number of quaternary nitrogens is 1. The van der Waals surface area contributed by atoms with Crippen LogP contribution in [0.25, 0.3) is 0 Å². The predicted molar refractivity (Wildman–Crippen MR) is 102 cm³/mol. The number of carbonyl (C=O) groups is 1. The molecule has 146 valence electrons. The van der Waals surface area contributed by atoms with Crippen molar-refractivity contribution in [3.05, 3.63) is 59.4 Å². The van der Waals surface area contributed by atoms with Gasteiger partial charge in [0.2, 0.25) is 0 Å². The molecule has 3 N–H and O–H groups in total. The van der Waals surface area contributed by atoms with Gasteiger partial charge in [-0.05, 0) is 29.8 Å². The highest BCUT2D eigenvalue weighted by molar-refractivity contribution is 5.76. The van der Waals surface area contributed by atoms with Gasteiger partial charge < -0.3 is 20.1 Å². The molecule has 0 bridgehead atoms. The Morgan fingerprint density at radius 3 is 2.33 bits per heavy atom. The first kappa shape index (κ1) is 20.7. The van der Waals surface area contributed by atoms with E-state index in [1.165, 1.54) is 12.1 Å². The van der Waals surface area contributed by atoms with Crippen LogP contribution in [-0.4, -0.2) is 26.7 Å². The second-order valence-corrected chi connectivity index (χ2v) is 6.73. The van der Waals surface area contributed by atoms with Gasteiger partial charge in [-0.3, -0.25) is 4.79 Å². The third-order valence-corrected chi connectivity index (χ3v) is 4.47. The SMILES string of the molecule is COc1ccc(CNC(=O)C[NH2+][C@@H](c2ccc(F)cc2)C(C)C)cc1OC. The standard InChI is InChI=1S/C21H27FN2O3/c1-14(2)21(16-6-8-17(22)9-7-16)24-13-20(25)23-12-15-5-10-18(26-3)19(11-15)27-4/h5-11,14,21,24H,12-13H2,1-4H3,(H,23,25)/p+1/t21-/m1/s1. The van der Waals surface area contributed by atoms with Crippen LogP contribution in [0.2, 0.25) is 0 Å². The van der Waals surface area contributed by atoms with Crippen LogP contribution in [0.15, 0.2) is 42.5 Å². The highest BCUT2D eigenvalue weighted by Gasteiger charge is 2.20. The molecule has 0 aromatic heterocycles. The molecule has 0 fully saturated rings. The number of benzene rings is 2. The summed E-state index contributed by atoms with van der Waals surface area (Å²) in [6.07, 6.45) is 0. The summed E-state index contributed by atoms with van der Waals surface area (Å²) < 4.78 is 23.6. The molecule has 6 heteroatoms. The Labute approximate surface area is 159 Å². The van der Waals surface area contributed by atoms with Crippen LogP contribution in [-0.2, 0) is 11.3 Å². The number of nitrogens with two attached hydrogens (primary N) is 1. The molecule has 2 rings (SSSR count). The van der Waals surface area contributed by atoms with E-state index in [9.17, 15) is 9.18 Å². The Hall–Kier alpha value is -2.60. The van der Waals surface area contributed by atoms with Crippen molar-refractivity contribution in [2.45, 2.75) is 26.4 Å². The average Bonchev–Trinajstić information content (AvgIpc) is 2.67. The van der Waals surface area contributed by atoms with Crippen LogP contribution >= 0.6 is 0 Å². The van der Waals surface area contributed by atoms with Gasteiger partial charge in [-0.1, -0.05) is 32.0 Å². The molecule has 1 atom stereocenters. The van der Waals surface area contributed by atoms with Crippen molar-refractivity contribution in [1.82, 2.24) is 5.32 Å². The van der Waals surface area contributed by atoms with Gasteiger partial charge in [0.15, 0.2) is 18.0 Å². The predicted octanol–water partition coefficient (Wildman–Crippen LogP) is 2.42. The summed E-state index contributed by atoms with van der Waals surface area (Å²) in [5.41, 5.74) is 1.94. The number of rotatable bonds is 9. The highest BCUT2D eigenvalue weighted by atomic mass is 19.1. The lowest BCUT2D eigenvalue weighted by molar-refractivity contribution is -0.692. The maximum Gasteiger partial charge on any atom is 0.275 e. The smallest absolute Gasteiger partial charge is 0.275 e. The van der Waals surface area contributed by atoms with Crippen molar-refractivity contribution in [2.24, 2.45) is 5.92 Å². The summed E-state index contributed by atoms with van der Waals surface area (Å²) in [7, 11) is 3.16. The van der Waals surface area contributed by atoms with Crippen molar-refractivity contribution in [3.63, 3.8) is 0 Å². The van der Waals surface area contributed by atoms with Crippen LogP contribution < -0.4 is 20.1 Å². The van der Waals surface area contributed by atoms with Crippen molar-refractivity contribution < 1.29 is 24.0 Å². The first-order valence-electron chi connectivity index (χ1n) is 9.01. The van der Waals surface area contributed by atoms with Crippen molar-refractivity contribution in [2.75, 3.05) is 20.8 Å². The molecule has 5 nitrogen and oxygen atoms in total. The van der Waals surface area contributed by atoms with E-state index in [4.69, 9.17) is 9.47 Å². The molecule has 1 amide bonds. The zero-order valence-electron chi connectivity index (χ0n) is 16.3. The van der Waals surface area contributed by atoms with E-state index in [0.29, 0.717) is 30.5 Å². The largest absolute Gasteiger partial charge is 0.493 e. The summed E-state index contributed by atoms with van der Waals surface area (Å²) in [4.78, 5) is 12.2. The Morgan fingerprint density at radius 2 is 1.74 bits per heavy atom. The summed E-state index contributed by atoms with van der Waals surface area (Å²) >= 11 is 0. The molecule has 2 aromatic rings. The second-order valence-electron chi connectivity index (χ2n) is 6.73. The topological polar surface area (TPSA) is 64.2 Å². The van der Waals surface area contributed by atoms with Crippen LogP contribution in [0.1, 0.15) is 31.0 Å². The molecule has 2 aromatic carbocycles. The van der Waals surface area contributed by atoms with E-state index in [2.05, 4.69) is 19.2 Å². The van der Waals surface area contributed by atoms with Crippen LogP contribution in [0.4, 0.5) is 4.39 Å². The number of nitrogens with one attached hydrogen (secondary N) is 1. The fourth-order valence-corrected chi connectivity index (χ4v) is 2.98. The fourth-order valence-electron chi connectivity index (χ4n) is 2.98. The minimum absolute atomic E-state index is 0.0578. The molecule has 0 unspecified atom stereocenters. The molecular weight excluding hydrogens is 347 g/mol. The normalized spacial score (nSPS) is 11.9. The van der Waals surface area contributed by atoms with E-state index in [1.807, 2.05) is 23.5 Å². The van der Waals surface area contributed by atoms with Gasteiger partial charge in [-0.25, -0.2) is 4.39 Å². The third kappa shape index (κ3) is 5.96. The molecule has 0 radical (unpaired) electrons. The molecule has 0 aliphatic heterocycles. The highest BCUT2D eigenvalue weighted by Crippen LogP contribution is 2.27. The van der Waals surface area contributed by atoms with Gasteiger partial charge in [0, 0.05) is 18.0 Å². The lowest BCUT2D eigenvalue weighted by Crippen LogP contribution is -2.88. The molecule has 0 heterocycles. The monoisotopic (exact) mass is 375 g/mol. The molecule has 27 heavy (non-hydrogen) atoms. The number of hydrogen-bond acceptors (Lipinski definition) is 3. The van der Waals surface area contributed by atoms with Crippen molar-refractivity contribution in [1.29, 1.82) is 0 Å². The molecule has 0 saturated carbocycles. The molecular formula is C21H28FN2O3+. The number of methoxy groups -OCH3 is 2. The second kappa shape index (κ2) is 9.92. The minimum Gasteiger partial charge on any atom is -0.493 e. The zero-order valence-corrected chi connectivity index (χ0v) is 16.3. The summed E-state index contributed by atoms with van der Waals surface area (Å²) in [5, 5.41) is 4.90. The summed E-state index contributed by atoms with van der Waals surface area (Å²) in [5.74, 6) is 1.28. The van der Waals surface area contributed by atoms with Crippen molar-refractivity contribution >= 4 is 5.91 Å². The number of hydrogen-bond donors (Lipinski definition) is 2. The fraction of sp³-hybridized carbons (Fsp3) is 0.381. The van der Waals surface area contributed by atoms with E-state index in [0.717, 1.165) is 11.1 Å². The summed E-state index contributed by atoms with van der Waals surface area (Å²) in [6.45, 7) is 4.89. The van der Waals surface area contributed by atoms with Gasteiger partial charge >= 0.3 is 0 Å².